The third kappa shape index (κ3) is 4.13. The lowest BCUT2D eigenvalue weighted by Gasteiger charge is -2.21. The van der Waals surface area contributed by atoms with Crippen molar-refractivity contribution in [3.8, 4) is 0 Å². The molecule has 0 heterocycles. The molecule has 3 N–H and O–H groups in total. The predicted molar refractivity (Wildman–Crippen MR) is 72.5 cm³/mol. The quantitative estimate of drug-likeness (QED) is 0.759. The Morgan fingerprint density at radius 2 is 1.94 bits per heavy atom. The van der Waals surface area contributed by atoms with Gasteiger partial charge in [0.05, 0.1) is 6.61 Å². The van der Waals surface area contributed by atoms with Crippen molar-refractivity contribution in [2.75, 3.05) is 26.2 Å². The summed E-state index contributed by atoms with van der Waals surface area (Å²) in [7, 11) is 0. The van der Waals surface area contributed by atoms with E-state index in [0.29, 0.717) is 25.2 Å². The van der Waals surface area contributed by atoms with E-state index in [2.05, 4.69) is 0 Å². The van der Waals surface area contributed by atoms with Crippen LogP contribution in [0.15, 0.2) is 24.3 Å². The fraction of sp³-hybridized carbons (Fsp3) is 0.500. The number of amides is 1. The highest BCUT2D eigenvalue weighted by Crippen LogP contribution is 2.08. The number of carbonyl (C=O) groups is 1. The van der Waals surface area contributed by atoms with Crippen molar-refractivity contribution in [3.63, 3.8) is 0 Å². The standard InChI is InChI=1S/C14H22N2O2/c1-2-9-16(10-11-17)14(18)13-5-3-12(4-6-13)7-8-15/h3-6,17H,2,7-11,15H2,1H3. The van der Waals surface area contributed by atoms with E-state index in [1.165, 1.54) is 0 Å². The van der Waals surface area contributed by atoms with Crippen LogP contribution in [-0.4, -0.2) is 42.2 Å². The molecule has 0 aliphatic carbocycles. The van der Waals surface area contributed by atoms with Gasteiger partial charge in [0.15, 0.2) is 0 Å². The average molecular weight is 250 g/mol. The molecule has 4 nitrogen and oxygen atoms in total. The Balaban J connectivity index is 2.74. The zero-order chi connectivity index (χ0) is 13.4. The van der Waals surface area contributed by atoms with Crippen molar-refractivity contribution in [2.24, 2.45) is 5.73 Å². The van der Waals surface area contributed by atoms with Gasteiger partial charge in [-0.05, 0) is 37.1 Å². The van der Waals surface area contributed by atoms with Gasteiger partial charge in [0.1, 0.15) is 0 Å². The molecule has 4 heteroatoms. The van der Waals surface area contributed by atoms with Crippen molar-refractivity contribution in [1.82, 2.24) is 4.90 Å². The molecule has 1 aromatic carbocycles. The Labute approximate surface area is 108 Å². The molecule has 0 aromatic heterocycles. The Bertz CT molecular complexity index is 357. The molecule has 0 saturated carbocycles. The van der Waals surface area contributed by atoms with Gasteiger partial charge in [-0.25, -0.2) is 0 Å². The molecule has 0 spiro atoms. The molecule has 1 aromatic rings. The lowest BCUT2D eigenvalue weighted by molar-refractivity contribution is 0.0722. The first-order chi connectivity index (χ1) is 8.72. The largest absolute Gasteiger partial charge is 0.395 e. The summed E-state index contributed by atoms with van der Waals surface area (Å²) in [5.41, 5.74) is 7.28. The summed E-state index contributed by atoms with van der Waals surface area (Å²) < 4.78 is 0. The first kappa shape index (κ1) is 14.7. The van der Waals surface area contributed by atoms with Crippen LogP contribution < -0.4 is 5.73 Å². The molecule has 0 atom stereocenters. The molecule has 0 aliphatic heterocycles. The number of aliphatic hydroxyl groups excluding tert-OH is 1. The van der Waals surface area contributed by atoms with E-state index in [1.807, 2.05) is 31.2 Å². The van der Waals surface area contributed by atoms with Crippen LogP contribution in [0, 0.1) is 0 Å². The second kappa shape index (κ2) is 7.84. The average Bonchev–Trinajstić information content (AvgIpc) is 2.39. The highest BCUT2D eigenvalue weighted by Gasteiger charge is 2.13. The number of aliphatic hydroxyl groups is 1. The van der Waals surface area contributed by atoms with Crippen molar-refractivity contribution >= 4 is 5.91 Å². The molecular weight excluding hydrogens is 228 g/mol. The summed E-state index contributed by atoms with van der Waals surface area (Å²) >= 11 is 0. The van der Waals surface area contributed by atoms with Crippen LogP contribution in [0.4, 0.5) is 0 Å². The minimum Gasteiger partial charge on any atom is -0.395 e. The SMILES string of the molecule is CCCN(CCO)C(=O)c1ccc(CCN)cc1. The minimum atomic E-state index is -0.0230. The third-order valence-corrected chi connectivity index (χ3v) is 2.78. The summed E-state index contributed by atoms with van der Waals surface area (Å²) in [6, 6.07) is 7.52. The van der Waals surface area contributed by atoms with E-state index in [1.54, 1.807) is 4.90 Å². The van der Waals surface area contributed by atoms with Gasteiger partial charge in [0.2, 0.25) is 0 Å². The smallest absolute Gasteiger partial charge is 0.253 e. The van der Waals surface area contributed by atoms with Gasteiger partial charge in [-0.2, -0.15) is 0 Å². The molecule has 1 amide bonds. The Hall–Kier alpha value is -1.39. The summed E-state index contributed by atoms with van der Waals surface area (Å²) in [6.45, 7) is 3.68. The van der Waals surface area contributed by atoms with Gasteiger partial charge < -0.3 is 15.7 Å². The molecule has 18 heavy (non-hydrogen) atoms. The van der Waals surface area contributed by atoms with Crippen molar-refractivity contribution in [3.05, 3.63) is 35.4 Å². The molecule has 0 aliphatic rings. The van der Waals surface area contributed by atoms with E-state index < -0.39 is 0 Å². The van der Waals surface area contributed by atoms with Crippen LogP contribution in [0.3, 0.4) is 0 Å². The molecule has 0 unspecified atom stereocenters. The summed E-state index contributed by atoms with van der Waals surface area (Å²) in [6.07, 6.45) is 1.71. The normalized spacial score (nSPS) is 10.4. The molecule has 100 valence electrons. The van der Waals surface area contributed by atoms with Crippen LogP contribution in [-0.2, 0) is 6.42 Å². The van der Waals surface area contributed by atoms with Crippen molar-refractivity contribution in [2.45, 2.75) is 19.8 Å². The molecule has 0 bridgehead atoms. The van der Waals surface area contributed by atoms with Crippen molar-refractivity contribution in [1.29, 1.82) is 0 Å². The Morgan fingerprint density at radius 1 is 1.28 bits per heavy atom. The van der Waals surface area contributed by atoms with E-state index in [9.17, 15) is 4.79 Å². The zero-order valence-corrected chi connectivity index (χ0v) is 10.9. The third-order valence-electron chi connectivity index (χ3n) is 2.78. The lowest BCUT2D eigenvalue weighted by atomic mass is 10.1. The van der Waals surface area contributed by atoms with Gasteiger partial charge in [0.25, 0.3) is 5.91 Å². The van der Waals surface area contributed by atoms with Gasteiger partial charge in [-0.15, -0.1) is 0 Å². The topological polar surface area (TPSA) is 66.6 Å². The number of hydrogen-bond donors (Lipinski definition) is 2. The summed E-state index contributed by atoms with van der Waals surface area (Å²) in [4.78, 5) is 13.9. The van der Waals surface area contributed by atoms with E-state index in [0.717, 1.165) is 18.4 Å². The van der Waals surface area contributed by atoms with Crippen molar-refractivity contribution < 1.29 is 9.90 Å². The highest BCUT2D eigenvalue weighted by atomic mass is 16.3. The maximum absolute atomic E-state index is 12.2. The number of hydrogen-bond acceptors (Lipinski definition) is 3. The molecule has 1 rings (SSSR count). The number of nitrogens with zero attached hydrogens (tertiary/aromatic N) is 1. The summed E-state index contributed by atoms with van der Waals surface area (Å²) in [5.74, 6) is -0.0230. The second-order valence-electron chi connectivity index (χ2n) is 4.25. The van der Waals surface area contributed by atoms with Crippen LogP contribution in [0.1, 0.15) is 29.3 Å². The lowest BCUT2D eigenvalue weighted by Crippen LogP contribution is -2.34. The fourth-order valence-corrected chi connectivity index (χ4v) is 1.87. The number of carbonyl (C=O) groups excluding carboxylic acids is 1. The van der Waals surface area contributed by atoms with E-state index in [-0.39, 0.29) is 12.5 Å². The maximum Gasteiger partial charge on any atom is 0.253 e. The molecule has 0 fully saturated rings. The first-order valence-electron chi connectivity index (χ1n) is 6.42. The number of nitrogens with two attached hydrogens (primary N) is 1. The zero-order valence-electron chi connectivity index (χ0n) is 10.9. The molecule has 0 radical (unpaired) electrons. The van der Waals surface area contributed by atoms with E-state index >= 15 is 0 Å². The van der Waals surface area contributed by atoms with E-state index in [4.69, 9.17) is 10.8 Å². The summed E-state index contributed by atoms with van der Waals surface area (Å²) in [5, 5.41) is 8.97. The monoisotopic (exact) mass is 250 g/mol. The van der Waals surface area contributed by atoms with Crippen LogP contribution in [0.2, 0.25) is 0 Å². The first-order valence-corrected chi connectivity index (χ1v) is 6.42. The van der Waals surface area contributed by atoms with Crippen LogP contribution in [0.25, 0.3) is 0 Å². The van der Waals surface area contributed by atoms with Gasteiger partial charge >= 0.3 is 0 Å². The van der Waals surface area contributed by atoms with Gasteiger partial charge in [0, 0.05) is 18.7 Å². The highest BCUT2D eigenvalue weighted by molar-refractivity contribution is 5.94. The van der Waals surface area contributed by atoms with Gasteiger partial charge in [-0.3, -0.25) is 4.79 Å². The Morgan fingerprint density at radius 3 is 2.44 bits per heavy atom. The van der Waals surface area contributed by atoms with Gasteiger partial charge in [-0.1, -0.05) is 19.1 Å². The number of rotatable bonds is 7. The van der Waals surface area contributed by atoms with Crippen LogP contribution in [0.5, 0.6) is 0 Å². The second-order valence-corrected chi connectivity index (χ2v) is 4.25. The Kier molecular flexibility index (Phi) is 6.39. The maximum atomic E-state index is 12.2. The van der Waals surface area contributed by atoms with Crippen LogP contribution >= 0.6 is 0 Å². The molecular formula is C14H22N2O2. The fourth-order valence-electron chi connectivity index (χ4n) is 1.87. The number of benzene rings is 1. The minimum absolute atomic E-state index is 0.00298. The predicted octanol–water partition coefficient (Wildman–Crippen LogP) is 1.03. The molecule has 0 saturated heterocycles.